The first-order chi connectivity index (χ1) is 8.97. The number of halogens is 2. The van der Waals surface area contributed by atoms with Gasteiger partial charge in [0.1, 0.15) is 11.6 Å². The van der Waals surface area contributed by atoms with Gasteiger partial charge in [-0.1, -0.05) is 0 Å². The van der Waals surface area contributed by atoms with Crippen LogP contribution in [0.15, 0.2) is 34.9 Å². The van der Waals surface area contributed by atoms with Crippen LogP contribution in [0.25, 0.3) is 0 Å². The highest BCUT2D eigenvalue weighted by Crippen LogP contribution is 2.23. The zero-order chi connectivity index (χ0) is 14.0. The zero-order valence-electron chi connectivity index (χ0n) is 10.1. The highest BCUT2D eigenvalue weighted by molar-refractivity contribution is 9.10. The molecule has 0 bridgehead atoms. The summed E-state index contributed by atoms with van der Waals surface area (Å²) in [5.74, 6) is -0.548. The SMILES string of the molecule is Cc1ccnc(NC(=O)c2cc(N)c(F)cc2Br)c1. The van der Waals surface area contributed by atoms with Crippen LogP contribution in [-0.2, 0) is 0 Å². The van der Waals surface area contributed by atoms with E-state index in [-0.39, 0.29) is 11.3 Å². The molecule has 3 N–H and O–H groups in total. The first kappa shape index (κ1) is 13.5. The summed E-state index contributed by atoms with van der Waals surface area (Å²) in [5.41, 5.74) is 6.60. The number of carbonyl (C=O) groups is 1. The van der Waals surface area contributed by atoms with Crippen molar-refractivity contribution < 1.29 is 9.18 Å². The molecule has 1 heterocycles. The van der Waals surface area contributed by atoms with Crippen molar-refractivity contribution in [1.29, 1.82) is 0 Å². The van der Waals surface area contributed by atoms with Gasteiger partial charge >= 0.3 is 0 Å². The predicted octanol–water partition coefficient (Wildman–Crippen LogP) is 3.13. The lowest BCUT2D eigenvalue weighted by Crippen LogP contribution is -2.14. The topological polar surface area (TPSA) is 68.0 Å². The van der Waals surface area contributed by atoms with Crippen LogP contribution in [0, 0.1) is 12.7 Å². The van der Waals surface area contributed by atoms with Gasteiger partial charge in [0.15, 0.2) is 0 Å². The van der Waals surface area contributed by atoms with Crippen LogP contribution in [0.5, 0.6) is 0 Å². The molecule has 0 aliphatic rings. The van der Waals surface area contributed by atoms with Crippen molar-refractivity contribution in [3.05, 3.63) is 51.9 Å². The van der Waals surface area contributed by atoms with Crippen LogP contribution in [-0.4, -0.2) is 10.9 Å². The molecule has 0 spiro atoms. The number of rotatable bonds is 2. The molecule has 1 aromatic heterocycles. The molecule has 0 saturated heterocycles. The fourth-order valence-corrected chi connectivity index (χ4v) is 2.02. The first-order valence-corrected chi connectivity index (χ1v) is 6.25. The summed E-state index contributed by atoms with van der Waals surface area (Å²) in [5, 5.41) is 2.63. The number of carbonyl (C=O) groups excluding carboxylic acids is 1. The molecular weight excluding hydrogens is 313 g/mol. The number of nitrogen functional groups attached to an aromatic ring is 1. The maximum absolute atomic E-state index is 13.2. The smallest absolute Gasteiger partial charge is 0.258 e. The minimum absolute atomic E-state index is 0.0782. The Kier molecular flexibility index (Phi) is 3.80. The molecule has 1 amide bonds. The van der Waals surface area contributed by atoms with Gasteiger partial charge in [-0.3, -0.25) is 4.79 Å². The van der Waals surface area contributed by atoms with Crippen molar-refractivity contribution in [2.45, 2.75) is 6.92 Å². The third-order valence-electron chi connectivity index (χ3n) is 2.49. The number of hydrogen-bond donors (Lipinski definition) is 2. The molecule has 98 valence electrons. The zero-order valence-corrected chi connectivity index (χ0v) is 11.7. The van der Waals surface area contributed by atoms with Crippen LogP contribution in [0.3, 0.4) is 0 Å². The Labute approximate surface area is 118 Å². The summed E-state index contributed by atoms with van der Waals surface area (Å²) >= 11 is 3.13. The molecule has 0 fully saturated rings. The van der Waals surface area contributed by atoms with E-state index in [0.29, 0.717) is 10.3 Å². The van der Waals surface area contributed by atoms with E-state index in [9.17, 15) is 9.18 Å². The number of anilines is 2. The van der Waals surface area contributed by atoms with Crippen LogP contribution < -0.4 is 11.1 Å². The highest BCUT2D eigenvalue weighted by Gasteiger charge is 2.14. The van der Waals surface area contributed by atoms with Crippen molar-refractivity contribution in [2.24, 2.45) is 0 Å². The van der Waals surface area contributed by atoms with Gasteiger partial charge in [-0.2, -0.15) is 0 Å². The summed E-state index contributed by atoms with van der Waals surface area (Å²) < 4.78 is 13.5. The Balaban J connectivity index is 2.28. The Morgan fingerprint density at radius 1 is 1.42 bits per heavy atom. The van der Waals surface area contributed by atoms with Crippen LogP contribution >= 0.6 is 15.9 Å². The minimum atomic E-state index is -0.572. The number of hydrogen-bond acceptors (Lipinski definition) is 3. The fraction of sp³-hybridized carbons (Fsp3) is 0.0769. The Morgan fingerprint density at radius 2 is 2.16 bits per heavy atom. The Morgan fingerprint density at radius 3 is 2.84 bits per heavy atom. The molecule has 0 radical (unpaired) electrons. The predicted molar refractivity (Wildman–Crippen MR) is 75.4 cm³/mol. The normalized spacial score (nSPS) is 10.3. The average Bonchev–Trinajstić information content (AvgIpc) is 2.33. The molecule has 0 unspecified atom stereocenters. The summed E-state index contributed by atoms with van der Waals surface area (Å²) in [7, 11) is 0. The Bertz CT molecular complexity index is 646. The third-order valence-corrected chi connectivity index (χ3v) is 3.14. The molecule has 0 saturated carbocycles. The van der Waals surface area contributed by atoms with E-state index >= 15 is 0 Å². The number of nitrogens with zero attached hydrogens (tertiary/aromatic N) is 1. The van der Waals surface area contributed by atoms with Gasteiger partial charge in [0, 0.05) is 10.7 Å². The van der Waals surface area contributed by atoms with Crippen molar-refractivity contribution in [3.63, 3.8) is 0 Å². The van der Waals surface area contributed by atoms with Gasteiger partial charge in [0.2, 0.25) is 0 Å². The van der Waals surface area contributed by atoms with Gasteiger partial charge in [-0.25, -0.2) is 9.37 Å². The van der Waals surface area contributed by atoms with E-state index in [2.05, 4.69) is 26.2 Å². The van der Waals surface area contributed by atoms with Gasteiger partial charge < -0.3 is 11.1 Å². The number of aryl methyl sites for hydroxylation is 1. The second kappa shape index (κ2) is 5.36. The van der Waals surface area contributed by atoms with Gasteiger partial charge in [0.05, 0.1) is 11.3 Å². The lowest BCUT2D eigenvalue weighted by molar-refractivity contribution is 0.102. The number of pyridine rings is 1. The van der Waals surface area contributed by atoms with Crippen LogP contribution in [0.4, 0.5) is 15.9 Å². The maximum Gasteiger partial charge on any atom is 0.258 e. The fourth-order valence-electron chi connectivity index (χ4n) is 1.53. The lowest BCUT2D eigenvalue weighted by atomic mass is 10.2. The lowest BCUT2D eigenvalue weighted by Gasteiger charge is -2.08. The van der Waals surface area contributed by atoms with Gasteiger partial charge in [-0.05, 0) is 52.7 Å². The number of nitrogens with two attached hydrogens (primary N) is 1. The van der Waals surface area contributed by atoms with Crippen molar-refractivity contribution in [3.8, 4) is 0 Å². The summed E-state index contributed by atoms with van der Waals surface area (Å²) in [6, 6.07) is 6.00. The van der Waals surface area contributed by atoms with Crippen LogP contribution in [0.1, 0.15) is 15.9 Å². The molecule has 2 rings (SSSR count). The molecule has 0 aliphatic heterocycles. The average molecular weight is 324 g/mol. The molecule has 6 heteroatoms. The van der Waals surface area contributed by atoms with Crippen molar-refractivity contribution in [1.82, 2.24) is 4.98 Å². The Hall–Kier alpha value is -1.95. The number of benzene rings is 1. The van der Waals surface area contributed by atoms with E-state index in [0.717, 1.165) is 11.6 Å². The quantitative estimate of drug-likeness (QED) is 0.834. The van der Waals surface area contributed by atoms with E-state index in [1.54, 1.807) is 12.3 Å². The van der Waals surface area contributed by atoms with Crippen molar-refractivity contribution in [2.75, 3.05) is 11.1 Å². The molecule has 0 atom stereocenters. The molecule has 2 aromatic rings. The monoisotopic (exact) mass is 323 g/mol. The summed E-state index contributed by atoms with van der Waals surface area (Å²) in [4.78, 5) is 16.1. The van der Waals surface area contributed by atoms with E-state index in [1.165, 1.54) is 6.07 Å². The van der Waals surface area contributed by atoms with Crippen LogP contribution in [0.2, 0.25) is 0 Å². The van der Waals surface area contributed by atoms with Gasteiger partial charge in [0.25, 0.3) is 5.91 Å². The van der Waals surface area contributed by atoms with Crippen molar-refractivity contribution >= 4 is 33.3 Å². The summed E-state index contributed by atoms with van der Waals surface area (Å²) in [6.45, 7) is 1.89. The van der Waals surface area contributed by atoms with E-state index in [1.807, 2.05) is 13.0 Å². The molecule has 19 heavy (non-hydrogen) atoms. The second-order valence-electron chi connectivity index (χ2n) is 4.03. The van der Waals surface area contributed by atoms with E-state index < -0.39 is 11.7 Å². The standard InChI is InChI=1S/C13H11BrFN3O/c1-7-2-3-17-12(4-7)18-13(19)8-5-11(16)10(15)6-9(8)14/h2-6H,16H2,1H3,(H,17,18,19). The largest absolute Gasteiger partial charge is 0.396 e. The first-order valence-electron chi connectivity index (χ1n) is 5.46. The summed E-state index contributed by atoms with van der Waals surface area (Å²) in [6.07, 6.45) is 1.60. The second-order valence-corrected chi connectivity index (χ2v) is 4.88. The maximum atomic E-state index is 13.2. The molecule has 1 aromatic carbocycles. The van der Waals surface area contributed by atoms with E-state index in [4.69, 9.17) is 5.73 Å². The van der Waals surface area contributed by atoms with Gasteiger partial charge in [-0.15, -0.1) is 0 Å². The highest BCUT2D eigenvalue weighted by atomic mass is 79.9. The molecule has 4 nitrogen and oxygen atoms in total. The number of amides is 1. The molecule has 0 aliphatic carbocycles. The number of aromatic nitrogens is 1. The molecular formula is C13H11BrFN3O. The third kappa shape index (κ3) is 3.08. The number of nitrogens with one attached hydrogen (secondary N) is 1. The minimum Gasteiger partial charge on any atom is -0.396 e.